The van der Waals surface area contributed by atoms with Crippen molar-refractivity contribution in [3.8, 4) is 0 Å². The number of aliphatic imine (C=N–C) groups is 1. The molecule has 0 aliphatic carbocycles. The smallest absolute Gasteiger partial charge is 0.166 e. The van der Waals surface area contributed by atoms with E-state index in [1.165, 1.54) is 35.4 Å². The fourth-order valence-corrected chi connectivity index (χ4v) is 3.21. The molecule has 3 nitrogen and oxygen atoms in total. The first-order valence-corrected chi connectivity index (χ1v) is 8.74. The first kappa shape index (κ1) is 17.7. The number of aldehydes is 1. The number of carbonyl (C=O) groups is 1. The Morgan fingerprint density at radius 2 is 1.91 bits per heavy atom. The van der Waals surface area contributed by atoms with Crippen LogP contribution in [0.4, 0.5) is 0 Å². The molecular formula is C20H30N2O. The van der Waals surface area contributed by atoms with Gasteiger partial charge >= 0.3 is 0 Å². The van der Waals surface area contributed by atoms with Crippen LogP contribution in [0.25, 0.3) is 5.57 Å². The van der Waals surface area contributed by atoms with Crippen LogP contribution in [0.5, 0.6) is 0 Å². The summed E-state index contributed by atoms with van der Waals surface area (Å²) in [6.07, 6.45) is 6.52. The number of hydrogen-bond acceptors (Lipinski definition) is 2. The molecule has 1 aliphatic rings. The Morgan fingerprint density at radius 3 is 2.39 bits per heavy atom. The Morgan fingerprint density at radius 1 is 1.22 bits per heavy atom. The Kier molecular flexibility index (Phi) is 5.28. The number of nitrogens with one attached hydrogen (secondary N) is 1. The molecule has 126 valence electrons. The molecule has 0 unspecified atom stereocenters. The predicted molar refractivity (Wildman–Crippen MR) is 98.2 cm³/mol. The Hall–Kier alpha value is -1.64. The number of nitrogens with zero attached hydrogens (tertiary/aromatic N) is 1. The molecule has 1 aliphatic heterocycles. The first-order chi connectivity index (χ1) is 10.8. The van der Waals surface area contributed by atoms with E-state index in [2.05, 4.69) is 39.6 Å². The van der Waals surface area contributed by atoms with Crippen LogP contribution < -0.4 is 0 Å². The Labute approximate surface area is 140 Å². The summed E-state index contributed by atoms with van der Waals surface area (Å²) in [6, 6.07) is 0. The largest absolute Gasteiger partial charge is 0.352 e. The normalized spacial score (nSPS) is 19.0. The van der Waals surface area contributed by atoms with Gasteiger partial charge in [-0.15, -0.1) is 0 Å². The van der Waals surface area contributed by atoms with Gasteiger partial charge in [0.05, 0.1) is 5.69 Å². The number of allylic oxidation sites excluding steroid dienone is 2. The van der Waals surface area contributed by atoms with E-state index in [1.54, 1.807) is 0 Å². The van der Waals surface area contributed by atoms with Crippen LogP contribution in [0.2, 0.25) is 0 Å². The van der Waals surface area contributed by atoms with E-state index in [0.717, 1.165) is 36.8 Å². The van der Waals surface area contributed by atoms with Crippen LogP contribution in [0.3, 0.4) is 0 Å². The lowest BCUT2D eigenvalue weighted by Gasteiger charge is -2.17. The molecular weight excluding hydrogens is 284 g/mol. The highest BCUT2D eigenvalue weighted by atomic mass is 16.1. The maximum Gasteiger partial charge on any atom is 0.166 e. The van der Waals surface area contributed by atoms with Gasteiger partial charge in [0.1, 0.15) is 0 Å². The standard InChI is InChI=1S/C20H30N2O/c1-7-8-9-10-16(17-11-20(5,6)15(4)21-17)19-14(3)13(2)18(12-23)22-19/h12,22H,7-11H2,1-6H3/b17-16-. The molecule has 3 heteroatoms. The Bertz CT molecular complexity index is 659. The number of H-pyrrole nitrogens is 1. The summed E-state index contributed by atoms with van der Waals surface area (Å²) in [5.74, 6) is 0. The van der Waals surface area contributed by atoms with Gasteiger partial charge in [-0.3, -0.25) is 9.79 Å². The molecule has 0 bridgehead atoms. The number of carbonyl (C=O) groups excluding carboxylic acids is 1. The average molecular weight is 314 g/mol. The first-order valence-electron chi connectivity index (χ1n) is 8.74. The van der Waals surface area contributed by atoms with Crippen molar-refractivity contribution in [2.45, 2.75) is 73.6 Å². The molecule has 0 fully saturated rings. The molecule has 1 N–H and O–H groups in total. The third-order valence-electron chi connectivity index (χ3n) is 5.29. The molecule has 2 rings (SSSR count). The van der Waals surface area contributed by atoms with Crippen molar-refractivity contribution in [2.75, 3.05) is 0 Å². The zero-order valence-corrected chi connectivity index (χ0v) is 15.5. The van der Waals surface area contributed by atoms with Gasteiger partial charge in [-0.1, -0.05) is 33.6 Å². The van der Waals surface area contributed by atoms with Crippen molar-refractivity contribution in [3.05, 3.63) is 28.2 Å². The fourth-order valence-electron chi connectivity index (χ4n) is 3.21. The summed E-state index contributed by atoms with van der Waals surface area (Å²) in [5.41, 5.74) is 7.90. The van der Waals surface area contributed by atoms with Crippen LogP contribution >= 0.6 is 0 Å². The summed E-state index contributed by atoms with van der Waals surface area (Å²) in [6.45, 7) is 13.0. The summed E-state index contributed by atoms with van der Waals surface area (Å²) in [7, 11) is 0. The molecule has 0 spiro atoms. The summed E-state index contributed by atoms with van der Waals surface area (Å²) in [4.78, 5) is 19.5. The highest BCUT2D eigenvalue weighted by Gasteiger charge is 2.31. The van der Waals surface area contributed by atoms with E-state index in [-0.39, 0.29) is 5.41 Å². The highest BCUT2D eigenvalue weighted by Crippen LogP contribution is 2.40. The maximum absolute atomic E-state index is 11.3. The number of aromatic amines is 1. The summed E-state index contributed by atoms with van der Waals surface area (Å²) in [5, 5.41) is 0. The molecule has 0 atom stereocenters. The van der Waals surface area contributed by atoms with Crippen molar-refractivity contribution >= 4 is 17.6 Å². The summed E-state index contributed by atoms with van der Waals surface area (Å²) < 4.78 is 0. The van der Waals surface area contributed by atoms with Crippen molar-refractivity contribution in [1.82, 2.24) is 4.98 Å². The van der Waals surface area contributed by atoms with Gasteiger partial charge in [0, 0.05) is 28.9 Å². The van der Waals surface area contributed by atoms with Crippen LogP contribution in [-0.2, 0) is 0 Å². The predicted octanol–water partition coefficient (Wildman–Crippen LogP) is 5.63. The lowest BCUT2D eigenvalue weighted by Crippen LogP contribution is -2.15. The topological polar surface area (TPSA) is 45.2 Å². The van der Waals surface area contributed by atoms with E-state index in [4.69, 9.17) is 4.99 Å². The second kappa shape index (κ2) is 6.86. The van der Waals surface area contributed by atoms with Gasteiger partial charge in [-0.2, -0.15) is 0 Å². The van der Waals surface area contributed by atoms with Crippen molar-refractivity contribution in [3.63, 3.8) is 0 Å². The molecule has 2 heterocycles. The molecule has 0 saturated heterocycles. The van der Waals surface area contributed by atoms with Crippen LogP contribution in [-0.4, -0.2) is 17.0 Å². The fraction of sp³-hybridized carbons (Fsp3) is 0.600. The lowest BCUT2D eigenvalue weighted by atomic mass is 9.85. The van der Waals surface area contributed by atoms with Gasteiger partial charge < -0.3 is 4.98 Å². The third kappa shape index (κ3) is 3.49. The molecule has 1 aromatic heterocycles. The minimum Gasteiger partial charge on any atom is -0.352 e. The van der Waals surface area contributed by atoms with Gasteiger partial charge in [-0.25, -0.2) is 0 Å². The zero-order valence-electron chi connectivity index (χ0n) is 15.5. The number of hydrogen-bond donors (Lipinski definition) is 1. The van der Waals surface area contributed by atoms with Crippen molar-refractivity contribution < 1.29 is 4.79 Å². The second-order valence-corrected chi connectivity index (χ2v) is 7.42. The van der Waals surface area contributed by atoms with E-state index in [9.17, 15) is 4.79 Å². The molecule has 0 radical (unpaired) electrons. The number of unbranched alkanes of at least 4 members (excludes halogenated alkanes) is 2. The van der Waals surface area contributed by atoms with E-state index >= 15 is 0 Å². The third-order valence-corrected chi connectivity index (χ3v) is 5.29. The molecule has 1 aromatic rings. The number of aromatic nitrogens is 1. The van der Waals surface area contributed by atoms with Gasteiger partial charge in [0.25, 0.3) is 0 Å². The van der Waals surface area contributed by atoms with Gasteiger partial charge in [0.2, 0.25) is 0 Å². The Balaban J connectivity index is 2.50. The number of rotatable bonds is 6. The lowest BCUT2D eigenvalue weighted by molar-refractivity contribution is 0.111. The van der Waals surface area contributed by atoms with Gasteiger partial charge in [-0.05, 0) is 50.3 Å². The van der Waals surface area contributed by atoms with E-state index in [0.29, 0.717) is 5.69 Å². The summed E-state index contributed by atoms with van der Waals surface area (Å²) >= 11 is 0. The molecule has 23 heavy (non-hydrogen) atoms. The average Bonchev–Trinajstić information content (AvgIpc) is 2.93. The monoisotopic (exact) mass is 314 g/mol. The zero-order chi connectivity index (χ0) is 17.2. The van der Waals surface area contributed by atoms with Crippen molar-refractivity contribution in [2.24, 2.45) is 10.4 Å². The SMILES string of the molecule is CCCCC/C(=C1\CC(C)(C)C(C)=N1)c1[nH]c(C=O)c(C)c1C. The molecule has 0 saturated carbocycles. The quantitative estimate of drug-likeness (QED) is 0.537. The van der Waals surface area contributed by atoms with Crippen molar-refractivity contribution in [1.29, 1.82) is 0 Å². The maximum atomic E-state index is 11.3. The molecule has 0 amide bonds. The van der Waals surface area contributed by atoms with Gasteiger partial charge in [0.15, 0.2) is 6.29 Å². The van der Waals surface area contributed by atoms with Crippen LogP contribution in [0, 0.1) is 19.3 Å². The minimum atomic E-state index is 0.133. The highest BCUT2D eigenvalue weighted by molar-refractivity contribution is 5.92. The molecule has 0 aromatic carbocycles. The van der Waals surface area contributed by atoms with Crippen LogP contribution in [0.1, 0.15) is 87.1 Å². The van der Waals surface area contributed by atoms with E-state index < -0.39 is 0 Å². The van der Waals surface area contributed by atoms with E-state index in [1.807, 2.05) is 6.92 Å². The second-order valence-electron chi connectivity index (χ2n) is 7.42. The minimum absolute atomic E-state index is 0.133. The van der Waals surface area contributed by atoms with Crippen LogP contribution in [0.15, 0.2) is 10.7 Å².